The van der Waals surface area contributed by atoms with Crippen molar-refractivity contribution in [3.05, 3.63) is 76.4 Å². The lowest BCUT2D eigenvalue weighted by Gasteiger charge is -2.30. The minimum absolute atomic E-state index is 1.20. The minimum atomic E-state index is 1.20. The number of hydrogen-bond acceptors (Lipinski definition) is 1. The number of piperidine rings is 1. The molecule has 2 aliphatic rings. The van der Waals surface area contributed by atoms with E-state index in [0.717, 1.165) is 0 Å². The lowest BCUT2D eigenvalue weighted by molar-refractivity contribution is 0.251. The molecule has 0 amide bonds. The fourth-order valence-corrected chi connectivity index (χ4v) is 4.50. The molecule has 1 heterocycles. The first-order valence-corrected chi connectivity index (χ1v) is 10.7. The van der Waals surface area contributed by atoms with Gasteiger partial charge in [0.05, 0.1) is 0 Å². The van der Waals surface area contributed by atoms with Gasteiger partial charge in [0.25, 0.3) is 0 Å². The van der Waals surface area contributed by atoms with Crippen LogP contribution in [0, 0.1) is 0 Å². The number of benzene rings is 2. The van der Waals surface area contributed by atoms with Gasteiger partial charge in [-0.2, -0.15) is 0 Å². The summed E-state index contributed by atoms with van der Waals surface area (Å²) in [5.41, 5.74) is 8.65. The minimum Gasteiger partial charge on any atom is -0.303 e. The molecular weight excluding hydrogens is 326 g/mol. The second-order valence-corrected chi connectivity index (χ2v) is 7.89. The summed E-state index contributed by atoms with van der Waals surface area (Å²) in [5, 5.41) is 0. The van der Waals surface area contributed by atoms with Crippen LogP contribution in [0.15, 0.2) is 54.1 Å². The molecule has 140 valence electrons. The molecule has 1 nitrogen and oxygen atoms in total. The van der Waals surface area contributed by atoms with E-state index in [4.69, 9.17) is 0 Å². The maximum atomic E-state index is 2.67. The average molecular weight is 358 g/mol. The van der Waals surface area contributed by atoms with Crippen molar-refractivity contribution in [2.45, 2.75) is 45.4 Å². The Bertz CT molecular complexity index is 781. The van der Waals surface area contributed by atoms with E-state index in [1.807, 2.05) is 0 Å². The third-order valence-electron chi connectivity index (χ3n) is 6.04. The molecule has 0 bridgehead atoms. The summed E-state index contributed by atoms with van der Waals surface area (Å²) in [6.07, 6.45) is 12.4. The van der Waals surface area contributed by atoms with Crippen molar-refractivity contribution >= 4 is 17.7 Å². The van der Waals surface area contributed by atoms with Gasteiger partial charge in [-0.1, -0.05) is 92.4 Å². The number of unbranched alkanes of at least 4 members (excludes halogenated alkanes) is 3. The summed E-state index contributed by atoms with van der Waals surface area (Å²) < 4.78 is 0. The first-order valence-electron chi connectivity index (χ1n) is 10.7. The maximum absolute atomic E-state index is 2.67. The molecule has 1 heteroatoms. The summed E-state index contributed by atoms with van der Waals surface area (Å²) in [5.74, 6) is 0. The molecule has 1 fully saturated rings. The Hall–Kier alpha value is -2.12. The van der Waals surface area contributed by atoms with Gasteiger partial charge in [0, 0.05) is 13.1 Å². The van der Waals surface area contributed by atoms with Crippen LogP contribution in [0.5, 0.6) is 0 Å². The topological polar surface area (TPSA) is 3.24 Å². The van der Waals surface area contributed by atoms with Gasteiger partial charge in [0.2, 0.25) is 0 Å². The fraction of sp³-hybridized carbons (Fsp3) is 0.385. The van der Waals surface area contributed by atoms with Crippen molar-refractivity contribution < 1.29 is 0 Å². The molecule has 1 saturated heterocycles. The number of fused-ring (bicyclic) bond motifs is 2. The average Bonchev–Trinajstić information content (AvgIpc) is 2.89. The van der Waals surface area contributed by atoms with Gasteiger partial charge in [-0.15, -0.1) is 0 Å². The van der Waals surface area contributed by atoms with E-state index in [0.29, 0.717) is 0 Å². The molecule has 2 aromatic carbocycles. The Kier molecular flexibility index (Phi) is 5.89. The lowest BCUT2D eigenvalue weighted by Crippen LogP contribution is -2.32. The van der Waals surface area contributed by atoms with Crippen molar-refractivity contribution in [3.63, 3.8) is 0 Å². The number of hydrogen-bond donors (Lipinski definition) is 0. The van der Waals surface area contributed by atoms with Crippen molar-refractivity contribution in [3.8, 4) is 0 Å². The van der Waals surface area contributed by atoms with Crippen LogP contribution in [-0.2, 0) is 0 Å². The number of likely N-dealkylation sites (tertiary alicyclic amines) is 1. The van der Waals surface area contributed by atoms with E-state index >= 15 is 0 Å². The van der Waals surface area contributed by atoms with Crippen LogP contribution in [-0.4, -0.2) is 24.5 Å². The first-order chi connectivity index (χ1) is 13.4. The van der Waals surface area contributed by atoms with E-state index in [1.54, 1.807) is 5.57 Å². The van der Waals surface area contributed by atoms with Crippen LogP contribution in [0.2, 0.25) is 0 Å². The molecule has 0 atom stereocenters. The number of nitrogens with zero attached hydrogens (tertiary/aromatic N) is 1. The highest BCUT2D eigenvalue weighted by Gasteiger charge is 2.22. The molecule has 0 radical (unpaired) electrons. The highest BCUT2D eigenvalue weighted by Crippen LogP contribution is 2.38. The van der Waals surface area contributed by atoms with E-state index in [-0.39, 0.29) is 0 Å². The molecule has 2 aromatic rings. The summed E-state index contributed by atoms with van der Waals surface area (Å²) >= 11 is 0. The normalized spacial score (nSPS) is 16.8. The summed E-state index contributed by atoms with van der Waals surface area (Å²) in [7, 11) is 0. The Morgan fingerprint density at radius 1 is 0.741 bits per heavy atom. The third-order valence-corrected chi connectivity index (χ3v) is 6.04. The highest BCUT2D eigenvalue weighted by molar-refractivity contribution is 5.94. The Labute approximate surface area is 164 Å². The number of rotatable bonds is 5. The lowest BCUT2D eigenvalue weighted by atomic mass is 9.86. The molecule has 1 aliphatic carbocycles. The largest absolute Gasteiger partial charge is 0.303 e. The first kappa shape index (κ1) is 18.3. The molecule has 0 spiro atoms. The standard InChI is InChI=1S/C26H31N/c1-2-3-4-9-18-27-19-16-23(17-20-27)26-24-12-7-5-10-21(24)14-15-22-11-6-8-13-25(22)26/h5-8,10-15H,2-4,9,16-20H2,1H3. The summed E-state index contributed by atoms with van der Waals surface area (Å²) in [6.45, 7) is 5.99. The summed E-state index contributed by atoms with van der Waals surface area (Å²) in [6, 6.07) is 17.8. The Morgan fingerprint density at radius 2 is 1.33 bits per heavy atom. The maximum Gasteiger partial charge on any atom is 0.00190 e. The van der Waals surface area contributed by atoms with Crippen LogP contribution < -0.4 is 0 Å². The van der Waals surface area contributed by atoms with Gasteiger partial charge in [0.15, 0.2) is 0 Å². The zero-order chi connectivity index (χ0) is 18.5. The van der Waals surface area contributed by atoms with Crippen LogP contribution in [0.1, 0.15) is 67.7 Å². The molecule has 0 saturated carbocycles. The Morgan fingerprint density at radius 3 is 1.93 bits per heavy atom. The molecule has 27 heavy (non-hydrogen) atoms. The third kappa shape index (κ3) is 4.09. The van der Waals surface area contributed by atoms with Crippen LogP contribution in [0.25, 0.3) is 17.7 Å². The van der Waals surface area contributed by atoms with Crippen LogP contribution >= 0.6 is 0 Å². The van der Waals surface area contributed by atoms with Gasteiger partial charge < -0.3 is 4.90 Å². The van der Waals surface area contributed by atoms with Crippen molar-refractivity contribution in [1.82, 2.24) is 4.90 Å². The fourth-order valence-electron chi connectivity index (χ4n) is 4.50. The van der Waals surface area contributed by atoms with Crippen LogP contribution in [0.3, 0.4) is 0 Å². The van der Waals surface area contributed by atoms with E-state index < -0.39 is 0 Å². The Balaban J connectivity index is 1.61. The molecule has 1 aliphatic heterocycles. The second kappa shape index (κ2) is 8.71. The zero-order valence-corrected chi connectivity index (χ0v) is 16.6. The van der Waals surface area contributed by atoms with Gasteiger partial charge in [-0.25, -0.2) is 0 Å². The molecule has 0 N–H and O–H groups in total. The highest BCUT2D eigenvalue weighted by atomic mass is 15.1. The zero-order valence-electron chi connectivity index (χ0n) is 16.6. The van der Waals surface area contributed by atoms with Gasteiger partial charge >= 0.3 is 0 Å². The van der Waals surface area contributed by atoms with Crippen molar-refractivity contribution in [1.29, 1.82) is 0 Å². The summed E-state index contributed by atoms with van der Waals surface area (Å²) in [4.78, 5) is 2.67. The monoisotopic (exact) mass is 357 g/mol. The van der Waals surface area contributed by atoms with Crippen molar-refractivity contribution in [2.24, 2.45) is 0 Å². The quantitative estimate of drug-likeness (QED) is 0.462. The molecule has 4 rings (SSSR count). The van der Waals surface area contributed by atoms with Gasteiger partial charge in [0.1, 0.15) is 0 Å². The van der Waals surface area contributed by atoms with Crippen molar-refractivity contribution in [2.75, 3.05) is 19.6 Å². The smallest absolute Gasteiger partial charge is 0.00190 e. The molecule has 0 unspecified atom stereocenters. The molecular formula is C26H31N. The van der Waals surface area contributed by atoms with Gasteiger partial charge in [-0.3, -0.25) is 0 Å². The van der Waals surface area contributed by atoms with E-state index in [1.165, 1.54) is 86.0 Å². The van der Waals surface area contributed by atoms with Gasteiger partial charge in [-0.05, 0) is 53.6 Å². The van der Waals surface area contributed by atoms with E-state index in [9.17, 15) is 0 Å². The second-order valence-electron chi connectivity index (χ2n) is 7.89. The van der Waals surface area contributed by atoms with Crippen LogP contribution in [0.4, 0.5) is 0 Å². The van der Waals surface area contributed by atoms with E-state index in [2.05, 4.69) is 72.5 Å². The predicted octanol–water partition coefficient (Wildman–Crippen LogP) is 6.65. The predicted molar refractivity (Wildman–Crippen MR) is 118 cm³/mol. The molecule has 0 aromatic heterocycles. The SMILES string of the molecule is CCCCCCN1CCC(=C2c3ccccc3C=Cc3ccccc32)CC1.